The second kappa shape index (κ2) is 5.07. The van der Waals surface area contributed by atoms with E-state index in [-0.39, 0.29) is 12.4 Å². The number of nitrogens with zero attached hydrogens (tertiary/aromatic N) is 1. The second-order valence-electron chi connectivity index (χ2n) is 4.13. The molecule has 3 heteroatoms. The van der Waals surface area contributed by atoms with Gasteiger partial charge in [0.1, 0.15) is 5.82 Å². The summed E-state index contributed by atoms with van der Waals surface area (Å²) in [5.74, 6) is 0.951. The molecule has 0 radical (unpaired) electrons. The van der Waals surface area contributed by atoms with Crippen LogP contribution in [0.15, 0.2) is 24.4 Å². The molecule has 1 heterocycles. The van der Waals surface area contributed by atoms with Crippen molar-refractivity contribution in [2.75, 3.05) is 11.9 Å². The van der Waals surface area contributed by atoms with Crippen LogP contribution < -0.4 is 5.32 Å². The third-order valence-electron chi connectivity index (χ3n) is 1.46. The summed E-state index contributed by atoms with van der Waals surface area (Å²) >= 11 is 0. The summed E-state index contributed by atoms with van der Waals surface area (Å²) in [7, 11) is 0. The number of pyridine rings is 1. The molecule has 0 aliphatic heterocycles. The molecule has 1 N–H and O–H groups in total. The van der Waals surface area contributed by atoms with Gasteiger partial charge in [-0.25, -0.2) is 4.98 Å². The van der Waals surface area contributed by atoms with E-state index in [0.717, 1.165) is 12.4 Å². The fourth-order valence-corrected chi connectivity index (χ4v) is 0.823. The minimum absolute atomic E-state index is 0. The first-order valence-corrected chi connectivity index (χ1v) is 4.23. The summed E-state index contributed by atoms with van der Waals surface area (Å²) in [5, 5.41) is 3.27. The maximum Gasteiger partial charge on any atom is 0.125 e. The van der Waals surface area contributed by atoms with Gasteiger partial charge in [0.25, 0.3) is 0 Å². The van der Waals surface area contributed by atoms with Crippen molar-refractivity contribution in [3.05, 3.63) is 24.4 Å². The Morgan fingerprint density at radius 1 is 1.31 bits per heavy atom. The normalized spacial score (nSPS) is 10.4. The molecule has 0 saturated heterocycles. The van der Waals surface area contributed by atoms with E-state index in [2.05, 4.69) is 31.1 Å². The van der Waals surface area contributed by atoms with Gasteiger partial charge in [0, 0.05) is 12.7 Å². The molecule has 13 heavy (non-hydrogen) atoms. The number of nitrogens with one attached hydrogen (secondary N) is 1. The van der Waals surface area contributed by atoms with E-state index in [9.17, 15) is 0 Å². The molecule has 74 valence electrons. The van der Waals surface area contributed by atoms with Gasteiger partial charge in [0.15, 0.2) is 0 Å². The van der Waals surface area contributed by atoms with Crippen molar-refractivity contribution in [2.24, 2.45) is 5.41 Å². The first-order chi connectivity index (χ1) is 5.58. The molecule has 1 rings (SSSR count). The van der Waals surface area contributed by atoms with Crippen LogP contribution in [-0.2, 0) is 0 Å². The molecular formula is C10H17ClN2. The van der Waals surface area contributed by atoms with Gasteiger partial charge in [-0.1, -0.05) is 26.8 Å². The van der Waals surface area contributed by atoms with Crippen LogP contribution in [-0.4, -0.2) is 11.5 Å². The van der Waals surface area contributed by atoms with Gasteiger partial charge in [-0.15, -0.1) is 12.4 Å². The molecule has 1 aromatic rings. The summed E-state index contributed by atoms with van der Waals surface area (Å²) in [4.78, 5) is 4.17. The molecule has 2 nitrogen and oxygen atoms in total. The SMILES string of the molecule is CC(C)(C)CNc1ccccn1.Cl. The number of anilines is 1. The Kier molecular flexibility index (Phi) is 4.78. The van der Waals surface area contributed by atoms with Gasteiger partial charge in [0.2, 0.25) is 0 Å². The van der Waals surface area contributed by atoms with E-state index < -0.39 is 0 Å². The van der Waals surface area contributed by atoms with Crippen LogP contribution >= 0.6 is 12.4 Å². The molecule has 1 aromatic heterocycles. The molecule has 0 bridgehead atoms. The Morgan fingerprint density at radius 2 is 2.00 bits per heavy atom. The number of aromatic nitrogens is 1. The van der Waals surface area contributed by atoms with Crippen LogP contribution in [0.1, 0.15) is 20.8 Å². The molecule has 0 unspecified atom stereocenters. The number of hydrogen-bond donors (Lipinski definition) is 1. The first kappa shape index (κ1) is 12.2. The molecule has 0 saturated carbocycles. The minimum atomic E-state index is 0. The van der Waals surface area contributed by atoms with E-state index in [4.69, 9.17) is 0 Å². The predicted molar refractivity (Wildman–Crippen MR) is 59.4 cm³/mol. The van der Waals surface area contributed by atoms with E-state index >= 15 is 0 Å². The molecule has 0 aromatic carbocycles. The van der Waals surface area contributed by atoms with Gasteiger partial charge in [-0.05, 0) is 17.5 Å². The highest BCUT2D eigenvalue weighted by molar-refractivity contribution is 5.85. The lowest BCUT2D eigenvalue weighted by Gasteiger charge is -2.18. The standard InChI is InChI=1S/C10H16N2.ClH/c1-10(2,3)8-12-9-6-4-5-7-11-9;/h4-7H,8H2,1-3H3,(H,11,12);1H. The van der Waals surface area contributed by atoms with Crippen LogP contribution in [0.25, 0.3) is 0 Å². The van der Waals surface area contributed by atoms with Crippen LogP contribution in [0.4, 0.5) is 5.82 Å². The predicted octanol–water partition coefficient (Wildman–Crippen LogP) is 2.96. The van der Waals surface area contributed by atoms with Gasteiger partial charge >= 0.3 is 0 Å². The average Bonchev–Trinajstić information content (AvgIpc) is 2.02. The van der Waals surface area contributed by atoms with Crippen molar-refractivity contribution in [1.82, 2.24) is 4.98 Å². The molecular weight excluding hydrogens is 184 g/mol. The smallest absolute Gasteiger partial charge is 0.125 e. The molecule has 0 aliphatic carbocycles. The van der Waals surface area contributed by atoms with Crippen LogP contribution in [0.2, 0.25) is 0 Å². The highest BCUT2D eigenvalue weighted by atomic mass is 35.5. The van der Waals surface area contributed by atoms with Crippen molar-refractivity contribution in [1.29, 1.82) is 0 Å². The summed E-state index contributed by atoms with van der Waals surface area (Å²) in [6.45, 7) is 7.54. The maximum atomic E-state index is 4.17. The maximum absolute atomic E-state index is 4.17. The third-order valence-corrected chi connectivity index (χ3v) is 1.46. The zero-order chi connectivity index (χ0) is 9.03. The fraction of sp³-hybridized carbons (Fsp3) is 0.500. The minimum Gasteiger partial charge on any atom is -0.370 e. The summed E-state index contributed by atoms with van der Waals surface area (Å²) < 4.78 is 0. The summed E-state index contributed by atoms with van der Waals surface area (Å²) in [6, 6.07) is 5.88. The zero-order valence-electron chi connectivity index (χ0n) is 8.37. The van der Waals surface area contributed by atoms with Gasteiger partial charge in [-0.2, -0.15) is 0 Å². The van der Waals surface area contributed by atoms with Crippen molar-refractivity contribution >= 4 is 18.2 Å². The Hall–Kier alpha value is -0.760. The van der Waals surface area contributed by atoms with Crippen LogP contribution in [0.5, 0.6) is 0 Å². The average molecular weight is 201 g/mol. The summed E-state index contributed by atoms with van der Waals surface area (Å²) in [6.07, 6.45) is 1.80. The van der Waals surface area contributed by atoms with Crippen molar-refractivity contribution in [2.45, 2.75) is 20.8 Å². The van der Waals surface area contributed by atoms with Crippen molar-refractivity contribution < 1.29 is 0 Å². The van der Waals surface area contributed by atoms with E-state index in [1.807, 2.05) is 18.2 Å². The molecule has 0 fully saturated rings. The van der Waals surface area contributed by atoms with Gasteiger partial charge < -0.3 is 5.32 Å². The quantitative estimate of drug-likeness (QED) is 0.794. The van der Waals surface area contributed by atoms with Gasteiger partial charge in [-0.3, -0.25) is 0 Å². The molecule has 0 amide bonds. The third kappa shape index (κ3) is 5.47. The fourth-order valence-electron chi connectivity index (χ4n) is 0.823. The molecule has 0 atom stereocenters. The van der Waals surface area contributed by atoms with E-state index in [0.29, 0.717) is 5.41 Å². The lowest BCUT2D eigenvalue weighted by Crippen LogP contribution is -2.19. The highest BCUT2D eigenvalue weighted by Crippen LogP contribution is 2.13. The Bertz CT molecular complexity index is 228. The first-order valence-electron chi connectivity index (χ1n) is 4.23. The van der Waals surface area contributed by atoms with Crippen molar-refractivity contribution in [3.63, 3.8) is 0 Å². The lowest BCUT2D eigenvalue weighted by molar-refractivity contribution is 0.442. The highest BCUT2D eigenvalue weighted by Gasteiger charge is 2.08. The Labute approximate surface area is 86.2 Å². The largest absolute Gasteiger partial charge is 0.370 e. The number of halogens is 1. The Balaban J connectivity index is 0.00000144. The number of hydrogen-bond acceptors (Lipinski definition) is 2. The van der Waals surface area contributed by atoms with Gasteiger partial charge in [0.05, 0.1) is 0 Å². The lowest BCUT2D eigenvalue weighted by atomic mass is 9.97. The zero-order valence-corrected chi connectivity index (χ0v) is 9.19. The van der Waals surface area contributed by atoms with Crippen molar-refractivity contribution in [3.8, 4) is 0 Å². The van der Waals surface area contributed by atoms with E-state index in [1.54, 1.807) is 6.20 Å². The topological polar surface area (TPSA) is 24.9 Å². The Morgan fingerprint density at radius 3 is 2.46 bits per heavy atom. The molecule has 0 aliphatic rings. The summed E-state index contributed by atoms with van der Waals surface area (Å²) in [5.41, 5.74) is 0.303. The monoisotopic (exact) mass is 200 g/mol. The van der Waals surface area contributed by atoms with Crippen LogP contribution in [0, 0.1) is 5.41 Å². The van der Waals surface area contributed by atoms with Crippen LogP contribution in [0.3, 0.4) is 0 Å². The second-order valence-corrected chi connectivity index (χ2v) is 4.13. The van der Waals surface area contributed by atoms with E-state index in [1.165, 1.54) is 0 Å². The molecule has 0 spiro atoms. The number of rotatable bonds is 2.